The Bertz CT molecular complexity index is 420. The van der Waals surface area contributed by atoms with Crippen LogP contribution in [0.4, 0.5) is 0 Å². The third-order valence-electron chi connectivity index (χ3n) is 2.05. The molecule has 0 amide bonds. The van der Waals surface area contributed by atoms with Gasteiger partial charge in [-0.25, -0.2) is 15.0 Å². The van der Waals surface area contributed by atoms with E-state index >= 15 is 0 Å². The van der Waals surface area contributed by atoms with Crippen molar-refractivity contribution < 1.29 is 0 Å². The van der Waals surface area contributed by atoms with E-state index in [4.69, 9.17) is 0 Å². The zero-order chi connectivity index (χ0) is 9.97. The van der Waals surface area contributed by atoms with E-state index in [1.54, 1.807) is 11.3 Å². The van der Waals surface area contributed by atoms with Gasteiger partial charge in [0, 0.05) is 5.92 Å². The molecule has 3 nitrogen and oxygen atoms in total. The smallest absolute Gasteiger partial charge is 0.147 e. The highest BCUT2D eigenvalue weighted by atomic mass is 32.1. The lowest BCUT2D eigenvalue weighted by molar-refractivity contribution is 0.949. The Hall–Kier alpha value is -1.03. The van der Waals surface area contributed by atoms with E-state index in [9.17, 15) is 0 Å². The topological polar surface area (TPSA) is 38.7 Å². The molecular weight excluding hydrogens is 194 g/mol. The van der Waals surface area contributed by atoms with Crippen molar-refractivity contribution in [1.82, 2.24) is 15.0 Å². The Balaban J connectivity index is 0.000000354. The summed E-state index contributed by atoms with van der Waals surface area (Å²) in [5, 5.41) is 0. The van der Waals surface area contributed by atoms with Crippen molar-refractivity contribution in [3.8, 4) is 0 Å². The fraction of sp³-hybridized carbons (Fsp3) is 0.500. The van der Waals surface area contributed by atoms with Crippen LogP contribution in [0.5, 0.6) is 0 Å². The molecule has 4 heteroatoms. The van der Waals surface area contributed by atoms with Crippen LogP contribution in [0.2, 0.25) is 0 Å². The standard InChI is InChI=1S/C8H7N3S.C2H6/c1-2-5(1)7-9-3-6-8(11-7)12-4-10-6;1-2/h3-5H,1-2H2;1-2H3. The highest BCUT2D eigenvalue weighted by Crippen LogP contribution is 2.38. The van der Waals surface area contributed by atoms with E-state index in [0.29, 0.717) is 5.92 Å². The van der Waals surface area contributed by atoms with Crippen LogP contribution in [0.1, 0.15) is 38.4 Å². The van der Waals surface area contributed by atoms with Crippen LogP contribution in [-0.4, -0.2) is 15.0 Å². The molecule has 1 aliphatic rings. The highest BCUT2D eigenvalue weighted by Gasteiger charge is 2.26. The van der Waals surface area contributed by atoms with Gasteiger partial charge in [0.2, 0.25) is 0 Å². The quantitative estimate of drug-likeness (QED) is 0.721. The van der Waals surface area contributed by atoms with Crippen LogP contribution in [0, 0.1) is 0 Å². The molecule has 1 fully saturated rings. The summed E-state index contributed by atoms with van der Waals surface area (Å²) < 4.78 is 0. The van der Waals surface area contributed by atoms with Gasteiger partial charge in [-0.2, -0.15) is 0 Å². The second kappa shape index (κ2) is 4.00. The van der Waals surface area contributed by atoms with E-state index in [0.717, 1.165) is 16.2 Å². The normalized spacial score (nSPS) is 15.0. The average Bonchev–Trinajstić information content (AvgIpc) is 2.99. The lowest BCUT2D eigenvalue weighted by Gasteiger charge is -1.93. The first-order valence-electron chi connectivity index (χ1n) is 4.99. The molecule has 14 heavy (non-hydrogen) atoms. The zero-order valence-corrected chi connectivity index (χ0v) is 9.21. The van der Waals surface area contributed by atoms with Crippen molar-refractivity contribution in [3.05, 3.63) is 17.5 Å². The van der Waals surface area contributed by atoms with E-state index in [2.05, 4.69) is 15.0 Å². The molecule has 2 aromatic rings. The van der Waals surface area contributed by atoms with Gasteiger partial charge in [-0.1, -0.05) is 13.8 Å². The molecule has 74 valence electrons. The van der Waals surface area contributed by atoms with Gasteiger partial charge in [-0.05, 0) is 12.8 Å². The molecule has 0 N–H and O–H groups in total. The molecule has 0 spiro atoms. The molecule has 0 saturated heterocycles. The first-order valence-corrected chi connectivity index (χ1v) is 5.87. The number of nitrogens with zero attached hydrogens (tertiary/aromatic N) is 3. The summed E-state index contributed by atoms with van der Waals surface area (Å²) in [4.78, 5) is 13.9. The number of hydrogen-bond donors (Lipinski definition) is 0. The molecule has 3 rings (SSSR count). The largest absolute Gasteiger partial charge is 0.241 e. The van der Waals surface area contributed by atoms with Gasteiger partial charge in [0.1, 0.15) is 16.2 Å². The van der Waals surface area contributed by atoms with Crippen LogP contribution >= 0.6 is 11.3 Å². The minimum atomic E-state index is 0.636. The second-order valence-corrected chi connectivity index (χ2v) is 3.88. The Morgan fingerprint density at radius 2 is 2.07 bits per heavy atom. The number of aromatic nitrogens is 3. The second-order valence-electron chi connectivity index (χ2n) is 3.05. The molecule has 1 aliphatic carbocycles. The van der Waals surface area contributed by atoms with E-state index in [-0.39, 0.29) is 0 Å². The SMILES string of the molecule is CC.c1nc2cnc(C3CC3)nc2s1. The predicted molar refractivity (Wildman–Crippen MR) is 58.5 cm³/mol. The molecule has 0 atom stereocenters. The van der Waals surface area contributed by atoms with E-state index in [1.807, 2.05) is 25.6 Å². The summed E-state index contributed by atoms with van der Waals surface area (Å²) in [6, 6.07) is 0. The molecule has 2 aromatic heterocycles. The lowest BCUT2D eigenvalue weighted by Crippen LogP contribution is -1.89. The molecule has 2 heterocycles. The van der Waals surface area contributed by atoms with E-state index < -0.39 is 0 Å². The highest BCUT2D eigenvalue weighted by molar-refractivity contribution is 7.16. The minimum Gasteiger partial charge on any atom is -0.241 e. The molecule has 0 unspecified atom stereocenters. The zero-order valence-electron chi connectivity index (χ0n) is 8.40. The number of hydrogen-bond acceptors (Lipinski definition) is 4. The number of thiazole rings is 1. The Labute approximate surface area is 87.2 Å². The molecule has 1 saturated carbocycles. The Morgan fingerprint density at radius 3 is 2.79 bits per heavy atom. The summed E-state index contributed by atoms with van der Waals surface area (Å²) in [6.07, 6.45) is 4.33. The first kappa shape index (κ1) is 9.52. The summed E-state index contributed by atoms with van der Waals surface area (Å²) in [5.41, 5.74) is 2.74. The third kappa shape index (κ3) is 1.75. The maximum atomic E-state index is 4.44. The van der Waals surface area contributed by atoms with Crippen LogP contribution in [0.25, 0.3) is 10.3 Å². The van der Waals surface area contributed by atoms with Gasteiger partial charge in [-0.3, -0.25) is 0 Å². The van der Waals surface area contributed by atoms with Gasteiger partial charge in [0.05, 0.1) is 11.7 Å². The Morgan fingerprint density at radius 1 is 1.29 bits per heavy atom. The van der Waals surface area contributed by atoms with Gasteiger partial charge >= 0.3 is 0 Å². The van der Waals surface area contributed by atoms with Crippen LogP contribution in [0.15, 0.2) is 11.7 Å². The van der Waals surface area contributed by atoms with Crippen molar-refractivity contribution in [3.63, 3.8) is 0 Å². The summed E-state index contributed by atoms with van der Waals surface area (Å²) in [7, 11) is 0. The summed E-state index contributed by atoms with van der Waals surface area (Å²) in [5.74, 6) is 1.64. The number of fused-ring (bicyclic) bond motifs is 1. The maximum absolute atomic E-state index is 4.44. The fourth-order valence-corrected chi connectivity index (χ4v) is 1.86. The van der Waals surface area contributed by atoms with Crippen LogP contribution < -0.4 is 0 Å². The molecular formula is C10H13N3S. The number of rotatable bonds is 1. The Kier molecular flexibility index (Phi) is 2.72. The van der Waals surface area contributed by atoms with Crippen molar-refractivity contribution >= 4 is 21.7 Å². The monoisotopic (exact) mass is 207 g/mol. The average molecular weight is 207 g/mol. The van der Waals surface area contributed by atoms with E-state index in [1.165, 1.54) is 12.8 Å². The van der Waals surface area contributed by atoms with Gasteiger partial charge < -0.3 is 0 Å². The predicted octanol–water partition coefficient (Wildman–Crippen LogP) is 2.99. The maximum Gasteiger partial charge on any atom is 0.147 e. The molecule has 0 radical (unpaired) electrons. The fourth-order valence-electron chi connectivity index (χ4n) is 1.22. The van der Waals surface area contributed by atoms with Crippen molar-refractivity contribution in [2.75, 3.05) is 0 Å². The van der Waals surface area contributed by atoms with Crippen LogP contribution in [0.3, 0.4) is 0 Å². The third-order valence-corrected chi connectivity index (χ3v) is 2.79. The summed E-state index contributed by atoms with van der Waals surface area (Å²) in [6.45, 7) is 4.00. The van der Waals surface area contributed by atoms with Crippen LogP contribution in [-0.2, 0) is 0 Å². The minimum absolute atomic E-state index is 0.636. The van der Waals surface area contributed by atoms with Crippen molar-refractivity contribution in [2.45, 2.75) is 32.6 Å². The molecule has 0 bridgehead atoms. The van der Waals surface area contributed by atoms with Gasteiger partial charge in [0.25, 0.3) is 0 Å². The first-order chi connectivity index (χ1) is 6.93. The van der Waals surface area contributed by atoms with Gasteiger partial charge in [0.15, 0.2) is 0 Å². The summed E-state index contributed by atoms with van der Waals surface area (Å²) >= 11 is 1.58. The lowest BCUT2D eigenvalue weighted by atomic mass is 10.4. The van der Waals surface area contributed by atoms with Crippen molar-refractivity contribution in [1.29, 1.82) is 0 Å². The van der Waals surface area contributed by atoms with Gasteiger partial charge in [-0.15, -0.1) is 11.3 Å². The molecule has 0 aromatic carbocycles. The van der Waals surface area contributed by atoms with Crippen molar-refractivity contribution in [2.24, 2.45) is 0 Å². The molecule has 0 aliphatic heterocycles.